The van der Waals surface area contributed by atoms with Gasteiger partial charge in [0.1, 0.15) is 11.2 Å². The minimum absolute atomic E-state index is 0.897. The van der Waals surface area contributed by atoms with Crippen molar-refractivity contribution in [1.82, 2.24) is 0 Å². The van der Waals surface area contributed by atoms with E-state index in [0.717, 1.165) is 66.6 Å². The molecule has 0 aliphatic rings. The van der Waals surface area contributed by atoms with Crippen LogP contribution in [0, 0.1) is 0 Å². The van der Waals surface area contributed by atoms with Crippen molar-refractivity contribution in [2.75, 3.05) is 4.90 Å². The second-order valence-corrected chi connectivity index (χ2v) is 14.9. The lowest BCUT2D eigenvalue weighted by Crippen LogP contribution is -2.11. The highest BCUT2D eigenvalue weighted by atomic mass is 16.3. The summed E-state index contributed by atoms with van der Waals surface area (Å²) in [5.74, 6) is 0. The molecule has 0 aliphatic heterocycles. The van der Waals surface area contributed by atoms with Gasteiger partial charge in [-0.2, -0.15) is 0 Å². The van der Waals surface area contributed by atoms with Gasteiger partial charge >= 0.3 is 0 Å². The fourth-order valence-corrected chi connectivity index (χ4v) is 8.57. The Hall–Kier alpha value is -7.68. The second kappa shape index (κ2) is 14.1. The zero-order valence-electron chi connectivity index (χ0n) is 31.7. The van der Waals surface area contributed by atoms with E-state index in [2.05, 4.69) is 229 Å². The number of fused-ring (bicyclic) bond motifs is 6. The van der Waals surface area contributed by atoms with Crippen LogP contribution < -0.4 is 4.90 Å². The molecule has 58 heavy (non-hydrogen) atoms. The molecule has 0 radical (unpaired) electrons. The SMILES string of the molecule is c1ccc(-c2ccc(-c3ccccc3N(c3ccc(-c4ccc5ccccc5c4)cc3)c3ccc(-c4cccc5oc6c7ccccc7ccc6c45)cc3)cc2)cc1. The molecular weight excluding hydrogens is 703 g/mol. The van der Waals surface area contributed by atoms with Crippen LogP contribution in [0.25, 0.3) is 88.0 Å². The number of hydrogen-bond donors (Lipinski definition) is 0. The summed E-state index contributed by atoms with van der Waals surface area (Å²) in [7, 11) is 0. The number of benzene rings is 10. The molecule has 0 aliphatic carbocycles. The van der Waals surface area contributed by atoms with Gasteiger partial charge in [-0.1, -0.05) is 176 Å². The normalized spacial score (nSPS) is 11.4. The van der Waals surface area contributed by atoms with Crippen LogP contribution in [0.1, 0.15) is 0 Å². The molecule has 0 N–H and O–H groups in total. The van der Waals surface area contributed by atoms with Crippen molar-refractivity contribution in [2.24, 2.45) is 0 Å². The minimum Gasteiger partial charge on any atom is -0.455 e. The van der Waals surface area contributed by atoms with Crippen molar-refractivity contribution in [2.45, 2.75) is 0 Å². The second-order valence-electron chi connectivity index (χ2n) is 14.9. The van der Waals surface area contributed by atoms with Crippen molar-refractivity contribution in [3.8, 4) is 44.5 Å². The van der Waals surface area contributed by atoms with Crippen LogP contribution in [0.3, 0.4) is 0 Å². The highest BCUT2D eigenvalue weighted by Crippen LogP contribution is 2.44. The van der Waals surface area contributed by atoms with Gasteiger partial charge in [0, 0.05) is 33.1 Å². The van der Waals surface area contributed by atoms with Crippen LogP contribution in [-0.4, -0.2) is 0 Å². The monoisotopic (exact) mass is 739 g/mol. The average molecular weight is 740 g/mol. The summed E-state index contributed by atoms with van der Waals surface area (Å²) in [5.41, 5.74) is 14.5. The first-order valence-electron chi connectivity index (χ1n) is 19.8. The standard InChI is InChI=1S/C56H37NO/c1-2-11-38(12-3-1)40-21-24-43(25-22-40)49-16-8-9-19-53(49)57(47-32-27-41(28-33-47)46-26-23-39-13-4-5-15-45(39)37-46)48-34-29-44(30-35-48)50-18-10-20-54-55(50)52-36-31-42-14-6-7-17-51(42)56(52)58-54/h1-37H. The zero-order valence-corrected chi connectivity index (χ0v) is 31.7. The Kier molecular flexibility index (Phi) is 8.19. The van der Waals surface area contributed by atoms with E-state index in [0.29, 0.717) is 0 Å². The predicted molar refractivity (Wildman–Crippen MR) is 245 cm³/mol. The zero-order chi connectivity index (χ0) is 38.4. The average Bonchev–Trinajstić information content (AvgIpc) is 3.70. The Morgan fingerprint density at radius 3 is 1.64 bits per heavy atom. The highest BCUT2D eigenvalue weighted by molar-refractivity contribution is 6.19. The van der Waals surface area contributed by atoms with E-state index in [1.54, 1.807) is 0 Å². The molecule has 272 valence electrons. The molecule has 0 amide bonds. The van der Waals surface area contributed by atoms with E-state index < -0.39 is 0 Å². The van der Waals surface area contributed by atoms with Crippen molar-refractivity contribution in [3.05, 3.63) is 224 Å². The van der Waals surface area contributed by atoms with Gasteiger partial charge in [-0.05, 0) is 104 Å². The van der Waals surface area contributed by atoms with Gasteiger partial charge in [0.2, 0.25) is 0 Å². The molecule has 1 heterocycles. The number of para-hydroxylation sites is 1. The van der Waals surface area contributed by atoms with Crippen LogP contribution in [0.2, 0.25) is 0 Å². The number of nitrogens with zero attached hydrogens (tertiary/aromatic N) is 1. The summed E-state index contributed by atoms with van der Waals surface area (Å²) in [4.78, 5) is 2.38. The molecule has 11 aromatic rings. The number of hydrogen-bond acceptors (Lipinski definition) is 2. The highest BCUT2D eigenvalue weighted by Gasteiger charge is 2.19. The Morgan fingerprint density at radius 1 is 0.310 bits per heavy atom. The molecule has 10 aromatic carbocycles. The van der Waals surface area contributed by atoms with Crippen LogP contribution in [0.4, 0.5) is 17.1 Å². The number of furan rings is 1. The lowest BCUT2D eigenvalue weighted by Gasteiger charge is -2.28. The maximum absolute atomic E-state index is 6.55. The number of anilines is 3. The van der Waals surface area contributed by atoms with Crippen molar-refractivity contribution >= 4 is 60.5 Å². The van der Waals surface area contributed by atoms with E-state index in [-0.39, 0.29) is 0 Å². The largest absolute Gasteiger partial charge is 0.455 e. The molecule has 2 nitrogen and oxygen atoms in total. The first-order valence-corrected chi connectivity index (χ1v) is 19.8. The minimum atomic E-state index is 0.897. The first-order chi connectivity index (χ1) is 28.7. The summed E-state index contributed by atoms with van der Waals surface area (Å²) in [5, 5.41) is 7.07. The third-order valence-electron chi connectivity index (χ3n) is 11.5. The van der Waals surface area contributed by atoms with Crippen molar-refractivity contribution in [3.63, 3.8) is 0 Å². The molecule has 0 bridgehead atoms. The molecule has 2 heteroatoms. The van der Waals surface area contributed by atoms with Crippen LogP contribution in [-0.2, 0) is 0 Å². The van der Waals surface area contributed by atoms with Gasteiger partial charge in [-0.25, -0.2) is 0 Å². The van der Waals surface area contributed by atoms with E-state index >= 15 is 0 Å². The first kappa shape index (κ1) is 33.6. The van der Waals surface area contributed by atoms with Gasteiger partial charge < -0.3 is 9.32 Å². The molecule has 0 fully saturated rings. The smallest absolute Gasteiger partial charge is 0.143 e. The fraction of sp³-hybridized carbons (Fsp3) is 0. The Labute approximate surface area is 337 Å². The van der Waals surface area contributed by atoms with Crippen LogP contribution in [0.15, 0.2) is 229 Å². The summed E-state index contributed by atoms with van der Waals surface area (Å²) in [6.45, 7) is 0. The lowest BCUT2D eigenvalue weighted by molar-refractivity contribution is 0.673. The molecule has 0 spiro atoms. The van der Waals surface area contributed by atoms with E-state index in [1.807, 2.05) is 0 Å². The molecule has 0 unspecified atom stereocenters. The summed E-state index contributed by atoms with van der Waals surface area (Å²) < 4.78 is 6.55. The Bertz CT molecular complexity index is 3250. The molecular formula is C56H37NO. The van der Waals surface area contributed by atoms with Gasteiger partial charge in [0.05, 0.1) is 5.69 Å². The molecule has 11 rings (SSSR count). The third-order valence-corrected chi connectivity index (χ3v) is 11.5. The van der Waals surface area contributed by atoms with Gasteiger partial charge in [0.25, 0.3) is 0 Å². The summed E-state index contributed by atoms with van der Waals surface area (Å²) >= 11 is 0. The summed E-state index contributed by atoms with van der Waals surface area (Å²) in [6.07, 6.45) is 0. The molecule has 0 saturated heterocycles. The number of rotatable bonds is 7. The lowest BCUT2D eigenvalue weighted by atomic mass is 9.97. The summed E-state index contributed by atoms with van der Waals surface area (Å²) in [6, 6.07) is 80.7. The van der Waals surface area contributed by atoms with E-state index in [9.17, 15) is 0 Å². The fourth-order valence-electron chi connectivity index (χ4n) is 8.57. The van der Waals surface area contributed by atoms with E-state index in [1.165, 1.54) is 38.4 Å². The topological polar surface area (TPSA) is 16.4 Å². The van der Waals surface area contributed by atoms with Gasteiger partial charge in [0.15, 0.2) is 0 Å². The van der Waals surface area contributed by atoms with Crippen molar-refractivity contribution in [1.29, 1.82) is 0 Å². The molecule has 0 atom stereocenters. The van der Waals surface area contributed by atoms with Crippen molar-refractivity contribution < 1.29 is 4.42 Å². The van der Waals surface area contributed by atoms with Crippen LogP contribution >= 0.6 is 0 Å². The van der Waals surface area contributed by atoms with Gasteiger partial charge in [-0.15, -0.1) is 0 Å². The maximum atomic E-state index is 6.55. The predicted octanol–water partition coefficient (Wildman–Crippen LogP) is 16.0. The maximum Gasteiger partial charge on any atom is 0.143 e. The van der Waals surface area contributed by atoms with Gasteiger partial charge in [-0.3, -0.25) is 0 Å². The Morgan fingerprint density at radius 2 is 0.845 bits per heavy atom. The quantitative estimate of drug-likeness (QED) is 0.162. The van der Waals surface area contributed by atoms with E-state index in [4.69, 9.17) is 4.42 Å². The van der Waals surface area contributed by atoms with Crippen LogP contribution in [0.5, 0.6) is 0 Å². The molecule has 0 saturated carbocycles. The Balaban J connectivity index is 1.02. The molecule has 1 aromatic heterocycles. The third kappa shape index (κ3) is 5.91.